The number of anilines is 1. The minimum absolute atomic E-state index is 0.0385. The average Bonchev–Trinajstić information content (AvgIpc) is 2.99. The number of hydrogen-bond donors (Lipinski definition) is 2. The molecule has 0 unspecified atom stereocenters. The van der Waals surface area contributed by atoms with Crippen LogP contribution >= 0.6 is 11.3 Å². The number of hydrogen-bond acceptors (Lipinski definition) is 3. The Hall–Kier alpha value is -2.14. The monoisotopic (exact) mass is 302 g/mol. The third-order valence-corrected chi connectivity index (χ3v) is 3.88. The molecule has 2 amide bonds. The third kappa shape index (κ3) is 4.16. The van der Waals surface area contributed by atoms with Gasteiger partial charge in [0.05, 0.1) is 11.4 Å². The van der Waals surface area contributed by atoms with E-state index in [2.05, 4.69) is 24.5 Å². The predicted molar refractivity (Wildman–Crippen MR) is 85.8 cm³/mol. The van der Waals surface area contributed by atoms with Crippen LogP contribution in [0.3, 0.4) is 0 Å². The molecule has 1 heterocycles. The van der Waals surface area contributed by atoms with E-state index in [4.69, 9.17) is 0 Å². The molecule has 0 atom stereocenters. The van der Waals surface area contributed by atoms with Gasteiger partial charge in [-0.25, -0.2) is 0 Å². The SMILES string of the molecule is CC(C)c1ccccc1NC(=O)CNC(=O)c1cccs1. The van der Waals surface area contributed by atoms with E-state index < -0.39 is 0 Å². The van der Waals surface area contributed by atoms with Crippen LogP contribution in [0.4, 0.5) is 5.69 Å². The second kappa shape index (κ2) is 7.04. The highest BCUT2D eigenvalue weighted by Crippen LogP contribution is 2.23. The number of rotatable bonds is 5. The van der Waals surface area contributed by atoms with Crippen LogP contribution in [-0.2, 0) is 4.79 Å². The lowest BCUT2D eigenvalue weighted by molar-refractivity contribution is -0.115. The molecule has 0 bridgehead atoms. The Balaban J connectivity index is 1.92. The van der Waals surface area contributed by atoms with Crippen LogP contribution in [0.5, 0.6) is 0 Å². The Morgan fingerprint density at radius 1 is 1.14 bits per heavy atom. The molecular formula is C16H18N2O2S. The van der Waals surface area contributed by atoms with Crippen molar-refractivity contribution in [2.75, 3.05) is 11.9 Å². The van der Waals surface area contributed by atoms with E-state index in [0.717, 1.165) is 11.3 Å². The van der Waals surface area contributed by atoms with Gasteiger partial charge in [0.1, 0.15) is 0 Å². The van der Waals surface area contributed by atoms with Crippen LogP contribution in [-0.4, -0.2) is 18.4 Å². The highest BCUT2D eigenvalue weighted by molar-refractivity contribution is 7.12. The molecule has 0 aliphatic heterocycles. The van der Waals surface area contributed by atoms with Gasteiger partial charge in [0, 0.05) is 5.69 Å². The van der Waals surface area contributed by atoms with E-state index in [0.29, 0.717) is 10.8 Å². The van der Waals surface area contributed by atoms with Crippen molar-refractivity contribution in [3.8, 4) is 0 Å². The summed E-state index contributed by atoms with van der Waals surface area (Å²) in [7, 11) is 0. The first-order valence-electron chi connectivity index (χ1n) is 6.78. The lowest BCUT2D eigenvalue weighted by Gasteiger charge is -2.13. The van der Waals surface area contributed by atoms with Gasteiger partial charge >= 0.3 is 0 Å². The molecule has 21 heavy (non-hydrogen) atoms. The molecule has 0 fully saturated rings. The van der Waals surface area contributed by atoms with Crippen LogP contribution < -0.4 is 10.6 Å². The second-order valence-corrected chi connectivity index (χ2v) is 5.90. The molecule has 0 aliphatic carbocycles. The van der Waals surface area contributed by atoms with Crippen molar-refractivity contribution in [3.63, 3.8) is 0 Å². The Labute approximate surface area is 128 Å². The number of thiophene rings is 1. The molecule has 2 N–H and O–H groups in total. The van der Waals surface area contributed by atoms with Gasteiger partial charge in [-0.05, 0) is 29.0 Å². The molecule has 0 saturated heterocycles. The fraction of sp³-hybridized carbons (Fsp3) is 0.250. The summed E-state index contributed by atoms with van der Waals surface area (Å²) in [6.45, 7) is 4.11. The number of carbonyl (C=O) groups excluding carboxylic acids is 2. The lowest BCUT2D eigenvalue weighted by atomic mass is 10.0. The third-order valence-electron chi connectivity index (χ3n) is 3.01. The van der Waals surface area contributed by atoms with Crippen molar-refractivity contribution in [1.29, 1.82) is 0 Å². The minimum Gasteiger partial charge on any atom is -0.342 e. The predicted octanol–water partition coefficient (Wildman–Crippen LogP) is 3.24. The van der Waals surface area contributed by atoms with Crippen LogP contribution in [0.25, 0.3) is 0 Å². The van der Waals surface area contributed by atoms with Gasteiger partial charge in [-0.2, -0.15) is 0 Å². The van der Waals surface area contributed by atoms with Crippen LogP contribution in [0.2, 0.25) is 0 Å². The first kappa shape index (κ1) is 15.3. The molecule has 0 spiro atoms. The summed E-state index contributed by atoms with van der Waals surface area (Å²) in [6, 6.07) is 11.2. The highest BCUT2D eigenvalue weighted by Gasteiger charge is 2.11. The average molecular weight is 302 g/mol. The summed E-state index contributed by atoms with van der Waals surface area (Å²) in [5, 5.41) is 7.28. The Morgan fingerprint density at radius 3 is 2.57 bits per heavy atom. The topological polar surface area (TPSA) is 58.2 Å². The Bertz CT molecular complexity index is 621. The number of para-hydroxylation sites is 1. The standard InChI is InChI=1S/C16H18N2O2S/c1-11(2)12-6-3-4-7-13(12)18-15(19)10-17-16(20)14-8-5-9-21-14/h3-9,11H,10H2,1-2H3,(H,17,20)(H,18,19). The van der Waals surface area contributed by atoms with Crippen molar-refractivity contribution in [2.24, 2.45) is 0 Å². The van der Waals surface area contributed by atoms with Crippen LogP contribution in [0.15, 0.2) is 41.8 Å². The fourth-order valence-corrected chi connectivity index (χ4v) is 2.60. The van der Waals surface area contributed by atoms with Crippen molar-refractivity contribution in [3.05, 3.63) is 52.2 Å². The summed E-state index contributed by atoms with van der Waals surface area (Å²) >= 11 is 1.35. The lowest BCUT2D eigenvalue weighted by Crippen LogP contribution is -2.32. The van der Waals surface area contributed by atoms with E-state index in [1.807, 2.05) is 29.6 Å². The maximum Gasteiger partial charge on any atom is 0.261 e. The first-order valence-corrected chi connectivity index (χ1v) is 7.66. The van der Waals surface area contributed by atoms with E-state index in [1.165, 1.54) is 11.3 Å². The number of amides is 2. The molecule has 0 saturated carbocycles. The Kier molecular flexibility index (Phi) is 5.11. The van der Waals surface area contributed by atoms with E-state index in [9.17, 15) is 9.59 Å². The molecule has 1 aromatic heterocycles. The maximum absolute atomic E-state index is 11.9. The zero-order valence-corrected chi connectivity index (χ0v) is 12.9. The molecule has 5 heteroatoms. The maximum atomic E-state index is 11.9. The van der Waals surface area contributed by atoms with Gasteiger partial charge in [-0.15, -0.1) is 11.3 Å². The summed E-state index contributed by atoms with van der Waals surface area (Å²) in [5.41, 5.74) is 1.87. The molecule has 0 radical (unpaired) electrons. The highest BCUT2D eigenvalue weighted by atomic mass is 32.1. The zero-order valence-electron chi connectivity index (χ0n) is 12.1. The first-order chi connectivity index (χ1) is 10.1. The Morgan fingerprint density at radius 2 is 1.90 bits per heavy atom. The number of benzene rings is 1. The smallest absolute Gasteiger partial charge is 0.261 e. The van der Waals surface area contributed by atoms with E-state index >= 15 is 0 Å². The molecule has 2 aromatic rings. The van der Waals surface area contributed by atoms with Crippen molar-refractivity contribution < 1.29 is 9.59 Å². The largest absolute Gasteiger partial charge is 0.342 e. The molecule has 4 nitrogen and oxygen atoms in total. The molecule has 1 aromatic carbocycles. The minimum atomic E-state index is -0.229. The molecular weight excluding hydrogens is 284 g/mol. The number of carbonyl (C=O) groups is 2. The van der Waals surface area contributed by atoms with Gasteiger partial charge in [0.15, 0.2) is 0 Å². The van der Waals surface area contributed by atoms with Crippen molar-refractivity contribution in [2.45, 2.75) is 19.8 Å². The summed E-state index contributed by atoms with van der Waals surface area (Å²) in [4.78, 5) is 24.3. The fourth-order valence-electron chi connectivity index (χ4n) is 1.96. The van der Waals surface area contributed by atoms with Gasteiger partial charge in [0.25, 0.3) is 5.91 Å². The van der Waals surface area contributed by atoms with Gasteiger partial charge < -0.3 is 10.6 Å². The van der Waals surface area contributed by atoms with Gasteiger partial charge in [-0.1, -0.05) is 38.1 Å². The van der Waals surface area contributed by atoms with Crippen molar-refractivity contribution >= 4 is 28.8 Å². The summed E-state index contributed by atoms with van der Waals surface area (Å²) in [5.74, 6) is -0.132. The summed E-state index contributed by atoms with van der Waals surface area (Å²) < 4.78 is 0. The van der Waals surface area contributed by atoms with Crippen molar-refractivity contribution in [1.82, 2.24) is 5.32 Å². The molecule has 0 aliphatic rings. The van der Waals surface area contributed by atoms with E-state index in [-0.39, 0.29) is 18.4 Å². The van der Waals surface area contributed by atoms with Crippen LogP contribution in [0, 0.1) is 0 Å². The molecule has 110 valence electrons. The summed E-state index contributed by atoms with van der Waals surface area (Å²) in [6.07, 6.45) is 0. The second-order valence-electron chi connectivity index (χ2n) is 4.95. The van der Waals surface area contributed by atoms with E-state index in [1.54, 1.807) is 12.1 Å². The van der Waals surface area contributed by atoms with Gasteiger partial charge in [0.2, 0.25) is 5.91 Å². The van der Waals surface area contributed by atoms with Gasteiger partial charge in [-0.3, -0.25) is 9.59 Å². The normalized spacial score (nSPS) is 10.4. The zero-order chi connectivity index (χ0) is 15.2. The number of nitrogens with one attached hydrogen (secondary N) is 2. The quantitative estimate of drug-likeness (QED) is 0.891. The van der Waals surface area contributed by atoms with Crippen LogP contribution in [0.1, 0.15) is 35.0 Å². The molecule has 2 rings (SSSR count).